The molecule has 0 saturated heterocycles. The molecule has 4 saturated carbocycles. The average Bonchev–Trinajstić information content (AvgIpc) is 3.12. The van der Waals surface area contributed by atoms with Gasteiger partial charge in [-0.2, -0.15) is 0 Å². The second kappa shape index (κ2) is 10.3. The maximum atomic E-state index is 13.5. The first-order valence-electron chi connectivity index (χ1n) is 14.0. The number of carbonyl (C=O) groups is 2. The summed E-state index contributed by atoms with van der Waals surface area (Å²) in [5.41, 5.74) is 4.68. The highest BCUT2D eigenvalue weighted by Gasteiger charge is 2.68. The lowest BCUT2D eigenvalue weighted by atomic mass is 9.44. The molecule has 0 heterocycles. The van der Waals surface area contributed by atoms with Crippen molar-refractivity contribution >= 4 is 23.5 Å². The Kier molecular flexibility index (Phi) is 8.09. The van der Waals surface area contributed by atoms with Gasteiger partial charge in [0.2, 0.25) is 0 Å². The van der Waals surface area contributed by atoms with Crippen molar-refractivity contribution in [3.63, 3.8) is 0 Å². The summed E-state index contributed by atoms with van der Waals surface area (Å²) in [4.78, 5) is 26.8. The normalized spacial score (nSPS) is 49.4. The summed E-state index contributed by atoms with van der Waals surface area (Å²) in [7, 11) is 0. The highest BCUT2D eigenvalue weighted by atomic mass is 32.2. The molecule has 0 aromatic rings. The lowest BCUT2D eigenvalue weighted by molar-refractivity contribution is -0.205. The van der Waals surface area contributed by atoms with E-state index in [4.69, 9.17) is 10.5 Å². The van der Waals surface area contributed by atoms with Crippen molar-refractivity contribution in [2.45, 2.75) is 115 Å². The standard InChI is InChI=1S/C29H47NO5S/c1-6-27(4)15-23(35-24(33)16-36-22-10-8-19(30)7-9-20(22)31)28(5)17(2)11-13-29(18(3)26(27)34)14-12-21(32)25(28)29/h6,17-20,22-23,25-26,31,34H,1,7-16,30H2,2-5H3/t17?,18-,19?,20?,22?,23+,25?,26?,27+,28-,29?/m0/s1. The summed E-state index contributed by atoms with van der Waals surface area (Å²) >= 11 is 1.46. The number of ether oxygens (including phenoxy) is 1. The summed E-state index contributed by atoms with van der Waals surface area (Å²) in [6, 6.07) is 0.106. The van der Waals surface area contributed by atoms with E-state index < -0.39 is 29.1 Å². The molecule has 0 aromatic carbocycles. The first-order chi connectivity index (χ1) is 16.9. The molecule has 0 aliphatic heterocycles. The zero-order chi connectivity index (χ0) is 26.5. The number of aliphatic hydroxyl groups is 2. The first kappa shape index (κ1) is 28.1. The minimum atomic E-state index is -0.665. The van der Waals surface area contributed by atoms with Gasteiger partial charge in [0.25, 0.3) is 0 Å². The maximum Gasteiger partial charge on any atom is 0.316 e. The SMILES string of the molecule is C=C[C@]1(C)C[C@@H](OC(=O)CSC2CCC(N)CCC2O)[C@]2(C)C(C)CCC3(CCC(=O)C32)[C@@H](C)C1O. The molecule has 36 heavy (non-hydrogen) atoms. The fourth-order valence-corrected chi connectivity index (χ4v) is 9.43. The van der Waals surface area contributed by atoms with E-state index in [2.05, 4.69) is 27.4 Å². The number of hydrogen-bond donors (Lipinski definition) is 3. The maximum absolute atomic E-state index is 13.5. The monoisotopic (exact) mass is 521 g/mol. The van der Waals surface area contributed by atoms with Crippen LogP contribution in [0.2, 0.25) is 0 Å². The highest BCUT2D eigenvalue weighted by molar-refractivity contribution is 8.00. The van der Waals surface area contributed by atoms with Crippen LogP contribution < -0.4 is 5.73 Å². The Morgan fingerprint density at radius 2 is 1.86 bits per heavy atom. The smallest absolute Gasteiger partial charge is 0.316 e. The van der Waals surface area contributed by atoms with Crippen molar-refractivity contribution in [3.05, 3.63) is 12.7 Å². The third-order valence-corrected chi connectivity index (χ3v) is 12.5. The van der Waals surface area contributed by atoms with Gasteiger partial charge in [-0.1, -0.05) is 33.8 Å². The summed E-state index contributed by atoms with van der Waals surface area (Å²) in [6.07, 6.45) is 6.95. The molecule has 4 rings (SSSR count). The van der Waals surface area contributed by atoms with Crippen LogP contribution in [0.1, 0.15) is 85.5 Å². The fourth-order valence-electron chi connectivity index (χ4n) is 8.35. The topological polar surface area (TPSA) is 110 Å². The largest absolute Gasteiger partial charge is 0.461 e. The summed E-state index contributed by atoms with van der Waals surface area (Å²) < 4.78 is 6.32. The molecule has 2 bridgehead atoms. The Bertz CT molecular complexity index is 867. The molecule has 4 N–H and O–H groups in total. The molecule has 0 radical (unpaired) electrons. The van der Waals surface area contributed by atoms with Gasteiger partial charge in [0, 0.05) is 34.5 Å². The van der Waals surface area contributed by atoms with Crippen molar-refractivity contribution in [1.29, 1.82) is 0 Å². The lowest BCUT2D eigenvalue weighted by Crippen LogP contribution is -2.63. The number of esters is 1. The van der Waals surface area contributed by atoms with Crippen LogP contribution in [0.25, 0.3) is 0 Å². The van der Waals surface area contributed by atoms with Gasteiger partial charge >= 0.3 is 5.97 Å². The quantitative estimate of drug-likeness (QED) is 0.282. The van der Waals surface area contributed by atoms with Gasteiger partial charge in [0.15, 0.2) is 0 Å². The van der Waals surface area contributed by atoms with Crippen LogP contribution in [0, 0.1) is 34.0 Å². The molecular weight excluding hydrogens is 474 g/mol. The van der Waals surface area contributed by atoms with Crippen LogP contribution >= 0.6 is 11.8 Å². The predicted molar refractivity (Wildman–Crippen MR) is 143 cm³/mol. The van der Waals surface area contributed by atoms with Crippen molar-refractivity contribution in [3.8, 4) is 0 Å². The number of carbonyl (C=O) groups excluding carboxylic acids is 2. The Morgan fingerprint density at radius 3 is 2.56 bits per heavy atom. The number of thioether (sulfide) groups is 1. The third-order valence-electron chi connectivity index (χ3n) is 11.1. The van der Waals surface area contributed by atoms with Crippen molar-refractivity contribution in [2.75, 3.05) is 5.75 Å². The Hall–Kier alpha value is -0.890. The van der Waals surface area contributed by atoms with E-state index in [-0.39, 0.29) is 52.0 Å². The highest BCUT2D eigenvalue weighted by Crippen LogP contribution is 2.68. The minimum Gasteiger partial charge on any atom is -0.461 e. The molecule has 7 unspecified atom stereocenters. The van der Waals surface area contributed by atoms with Crippen molar-refractivity contribution in [2.24, 2.45) is 39.7 Å². The van der Waals surface area contributed by atoms with E-state index in [0.717, 1.165) is 38.5 Å². The molecular formula is C29H47NO5S. The van der Waals surface area contributed by atoms with E-state index in [1.165, 1.54) is 11.8 Å². The summed E-state index contributed by atoms with van der Waals surface area (Å²) in [5, 5.41) is 22.1. The number of Topliss-reactive ketones (excluding diaryl/α,β-unsaturated/α-hetero) is 1. The Labute approximate surface area is 221 Å². The van der Waals surface area contributed by atoms with Gasteiger partial charge in [-0.15, -0.1) is 18.3 Å². The summed E-state index contributed by atoms with van der Waals surface area (Å²) in [5.74, 6) is 0.0621. The molecule has 6 nitrogen and oxygen atoms in total. The van der Waals surface area contributed by atoms with Crippen LogP contribution in [0.3, 0.4) is 0 Å². The summed E-state index contributed by atoms with van der Waals surface area (Å²) in [6.45, 7) is 12.6. The molecule has 204 valence electrons. The van der Waals surface area contributed by atoms with Gasteiger partial charge in [0.05, 0.1) is 18.0 Å². The molecule has 7 heteroatoms. The Morgan fingerprint density at radius 1 is 1.17 bits per heavy atom. The molecule has 4 aliphatic rings. The third kappa shape index (κ3) is 4.60. The van der Waals surface area contributed by atoms with Gasteiger partial charge in [-0.05, 0) is 68.6 Å². The predicted octanol–water partition coefficient (Wildman–Crippen LogP) is 4.26. The number of rotatable bonds is 5. The first-order valence-corrected chi connectivity index (χ1v) is 15.0. The van der Waals surface area contributed by atoms with E-state index in [9.17, 15) is 19.8 Å². The number of nitrogens with two attached hydrogens (primary N) is 1. The van der Waals surface area contributed by atoms with E-state index in [0.29, 0.717) is 19.3 Å². The number of hydrogen-bond acceptors (Lipinski definition) is 7. The average molecular weight is 522 g/mol. The van der Waals surface area contributed by atoms with Crippen LogP contribution in [0.15, 0.2) is 12.7 Å². The van der Waals surface area contributed by atoms with Crippen LogP contribution in [0.4, 0.5) is 0 Å². The van der Waals surface area contributed by atoms with Crippen LogP contribution in [-0.4, -0.2) is 57.3 Å². The number of ketones is 1. The van der Waals surface area contributed by atoms with Crippen molar-refractivity contribution in [1.82, 2.24) is 0 Å². The zero-order valence-corrected chi connectivity index (χ0v) is 23.4. The van der Waals surface area contributed by atoms with E-state index >= 15 is 0 Å². The van der Waals surface area contributed by atoms with Gasteiger partial charge in [0.1, 0.15) is 11.9 Å². The van der Waals surface area contributed by atoms with Crippen molar-refractivity contribution < 1.29 is 24.5 Å². The second-order valence-corrected chi connectivity index (χ2v) is 14.1. The number of aliphatic hydroxyl groups excluding tert-OH is 2. The van der Waals surface area contributed by atoms with Crippen LogP contribution in [-0.2, 0) is 14.3 Å². The van der Waals surface area contributed by atoms with Crippen LogP contribution in [0.5, 0.6) is 0 Å². The van der Waals surface area contributed by atoms with Gasteiger partial charge in [-0.3, -0.25) is 9.59 Å². The zero-order valence-electron chi connectivity index (χ0n) is 22.6. The van der Waals surface area contributed by atoms with Gasteiger partial charge in [-0.25, -0.2) is 0 Å². The molecule has 0 spiro atoms. The molecule has 4 fully saturated rings. The van der Waals surface area contributed by atoms with E-state index in [1.807, 2.05) is 13.0 Å². The second-order valence-electron chi connectivity index (χ2n) is 12.9. The molecule has 0 aromatic heterocycles. The fraction of sp³-hybridized carbons (Fsp3) is 0.862. The molecule has 0 amide bonds. The minimum absolute atomic E-state index is 0.0298. The van der Waals surface area contributed by atoms with Gasteiger partial charge < -0.3 is 20.7 Å². The Balaban J connectivity index is 1.61. The van der Waals surface area contributed by atoms with E-state index in [1.54, 1.807) is 0 Å². The molecule has 4 aliphatic carbocycles. The molecule has 11 atom stereocenters. The lowest BCUT2D eigenvalue weighted by Gasteiger charge is -2.61.